The second kappa shape index (κ2) is 9.42. The van der Waals surface area contributed by atoms with Crippen LogP contribution in [0.5, 0.6) is 5.75 Å². The highest BCUT2D eigenvalue weighted by Crippen LogP contribution is 2.11. The summed E-state index contributed by atoms with van der Waals surface area (Å²) < 4.78 is 4.93. The molecule has 0 aromatic carbocycles. The second-order valence-electron chi connectivity index (χ2n) is 4.85. The average Bonchev–Trinajstić information content (AvgIpc) is 2.36. The Morgan fingerprint density at radius 1 is 1.11 bits per heavy atom. The predicted octanol–water partition coefficient (Wildman–Crippen LogP) is 4.50. The molecule has 0 unspecified atom stereocenters. The summed E-state index contributed by atoms with van der Waals surface area (Å²) in [7, 11) is 0. The molecule has 1 heterocycles. The molecule has 0 radical (unpaired) electrons. The van der Waals surface area contributed by atoms with Crippen LogP contribution in [0.25, 0.3) is 6.08 Å². The summed E-state index contributed by atoms with van der Waals surface area (Å²) in [5.41, 5.74) is -0.518. The molecule has 1 aromatic heterocycles. The Morgan fingerprint density at radius 3 is 2.47 bits per heavy atom. The molecule has 3 heteroatoms. The van der Waals surface area contributed by atoms with Gasteiger partial charge in [0.2, 0.25) is 0 Å². The minimum atomic E-state index is -0.518. The topological polar surface area (TPSA) is 50.4 Å². The third-order valence-electron chi connectivity index (χ3n) is 3.03. The van der Waals surface area contributed by atoms with Crippen molar-refractivity contribution in [2.45, 2.75) is 58.3 Å². The van der Waals surface area contributed by atoms with Gasteiger partial charge in [-0.05, 0) is 18.9 Å². The molecule has 0 atom stereocenters. The van der Waals surface area contributed by atoms with Gasteiger partial charge in [0.25, 0.3) is 0 Å². The van der Waals surface area contributed by atoms with Crippen molar-refractivity contribution >= 4 is 6.08 Å². The third kappa shape index (κ3) is 7.50. The maximum absolute atomic E-state index is 11.0. The summed E-state index contributed by atoms with van der Waals surface area (Å²) in [6.07, 6.45) is 13.7. The van der Waals surface area contributed by atoms with Crippen molar-refractivity contribution < 1.29 is 9.52 Å². The quantitative estimate of drug-likeness (QED) is 0.668. The fraction of sp³-hybridized carbons (Fsp3) is 0.562. The van der Waals surface area contributed by atoms with Gasteiger partial charge in [0.15, 0.2) is 0 Å². The molecule has 0 aliphatic rings. The molecule has 19 heavy (non-hydrogen) atoms. The lowest BCUT2D eigenvalue weighted by atomic mass is 10.1. The molecule has 0 spiro atoms. The average molecular weight is 264 g/mol. The lowest BCUT2D eigenvalue weighted by Gasteiger charge is -1.99. The standard InChI is InChI=1S/C16H24O3/c1-2-3-4-5-6-7-8-9-10-11-15-12-14(17)13-16(18)19-15/h10-13,17H,2-9H2,1H3/b11-10+. The van der Waals surface area contributed by atoms with E-state index in [4.69, 9.17) is 4.42 Å². The fourth-order valence-electron chi connectivity index (χ4n) is 1.98. The Bertz CT molecular complexity index is 432. The highest BCUT2D eigenvalue weighted by atomic mass is 16.4. The first kappa shape index (κ1) is 15.5. The van der Waals surface area contributed by atoms with E-state index < -0.39 is 5.63 Å². The molecule has 1 aromatic rings. The van der Waals surface area contributed by atoms with E-state index in [1.165, 1.54) is 44.6 Å². The van der Waals surface area contributed by atoms with Crippen molar-refractivity contribution in [1.29, 1.82) is 0 Å². The van der Waals surface area contributed by atoms with Crippen LogP contribution >= 0.6 is 0 Å². The minimum absolute atomic E-state index is 0.0492. The molecule has 0 aliphatic heterocycles. The van der Waals surface area contributed by atoms with E-state index in [0.717, 1.165) is 18.9 Å². The van der Waals surface area contributed by atoms with Gasteiger partial charge >= 0.3 is 5.63 Å². The maximum Gasteiger partial charge on any atom is 0.339 e. The molecule has 0 saturated heterocycles. The zero-order chi connectivity index (χ0) is 13.9. The lowest BCUT2D eigenvalue weighted by Crippen LogP contribution is -1.95. The van der Waals surface area contributed by atoms with E-state index in [1.54, 1.807) is 6.08 Å². The van der Waals surface area contributed by atoms with E-state index >= 15 is 0 Å². The van der Waals surface area contributed by atoms with Crippen LogP contribution in [-0.2, 0) is 0 Å². The molecular weight excluding hydrogens is 240 g/mol. The van der Waals surface area contributed by atoms with Crippen molar-refractivity contribution in [3.8, 4) is 5.75 Å². The van der Waals surface area contributed by atoms with E-state index in [9.17, 15) is 9.90 Å². The number of unbranched alkanes of at least 4 members (excludes halogenated alkanes) is 7. The number of allylic oxidation sites excluding steroid dienone is 1. The zero-order valence-corrected chi connectivity index (χ0v) is 11.7. The van der Waals surface area contributed by atoms with Crippen LogP contribution in [0.2, 0.25) is 0 Å². The van der Waals surface area contributed by atoms with E-state index in [0.29, 0.717) is 5.76 Å². The Morgan fingerprint density at radius 2 is 1.79 bits per heavy atom. The molecule has 1 N–H and O–H groups in total. The van der Waals surface area contributed by atoms with Gasteiger partial charge in [-0.2, -0.15) is 0 Å². The minimum Gasteiger partial charge on any atom is -0.508 e. The highest BCUT2D eigenvalue weighted by molar-refractivity contribution is 5.44. The first-order valence-electron chi connectivity index (χ1n) is 7.23. The highest BCUT2D eigenvalue weighted by Gasteiger charge is 1.96. The first-order valence-corrected chi connectivity index (χ1v) is 7.23. The van der Waals surface area contributed by atoms with Crippen LogP contribution in [-0.4, -0.2) is 5.11 Å². The van der Waals surface area contributed by atoms with E-state index in [-0.39, 0.29) is 5.75 Å². The Hall–Kier alpha value is -1.51. The van der Waals surface area contributed by atoms with Crippen LogP contribution in [0.3, 0.4) is 0 Å². The predicted molar refractivity (Wildman–Crippen MR) is 78.3 cm³/mol. The van der Waals surface area contributed by atoms with Crippen molar-refractivity contribution in [2.75, 3.05) is 0 Å². The normalized spacial score (nSPS) is 11.2. The van der Waals surface area contributed by atoms with Gasteiger partial charge in [-0.1, -0.05) is 51.5 Å². The molecule has 1 rings (SSSR count). The number of rotatable bonds is 9. The SMILES string of the molecule is CCCCCCCCC/C=C/c1cc(O)cc(=O)o1. The number of hydrogen-bond acceptors (Lipinski definition) is 3. The van der Waals surface area contributed by atoms with Crippen molar-refractivity contribution in [3.05, 3.63) is 34.4 Å². The molecule has 106 valence electrons. The zero-order valence-electron chi connectivity index (χ0n) is 11.7. The molecule has 3 nitrogen and oxygen atoms in total. The van der Waals surface area contributed by atoms with Crippen LogP contribution < -0.4 is 5.63 Å². The number of aromatic hydroxyl groups is 1. The summed E-state index contributed by atoms with van der Waals surface area (Å²) >= 11 is 0. The largest absolute Gasteiger partial charge is 0.508 e. The lowest BCUT2D eigenvalue weighted by molar-refractivity contribution is 0.444. The van der Waals surface area contributed by atoms with Crippen molar-refractivity contribution in [3.63, 3.8) is 0 Å². The summed E-state index contributed by atoms with van der Waals surface area (Å²) in [4.78, 5) is 11.0. The van der Waals surface area contributed by atoms with Crippen molar-refractivity contribution in [1.82, 2.24) is 0 Å². The molecule has 0 fully saturated rings. The fourth-order valence-corrected chi connectivity index (χ4v) is 1.98. The van der Waals surface area contributed by atoms with Gasteiger partial charge in [0.05, 0.1) is 6.07 Å². The second-order valence-corrected chi connectivity index (χ2v) is 4.85. The summed E-state index contributed by atoms with van der Waals surface area (Å²) in [6.45, 7) is 2.23. The van der Waals surface area contributed by atoms with Gasteiger partial charge in [-0.3, -0.25) is 0 Å². The maximum atomic E-state index is 11.0. The van der Waals surface area contributed by atoms with Gasteiger partial charge in [0.1, 0.15) is 11.5 Å². The Labute approximate surface area is 115 Å². The van der Waals surface area contributed by atoms with E-state index in [2.05, 4.69) is 6.92 Å². The van der Waals surface area contributed by atoms with Crippen LogP contribution in [0.15, 0.2) is 27.4 Å². The van der Waals surface area contributed by atoms with Crippen molar-refractivity contribution in [2.24, 2.45) is 0 Å². The Balaban J connectivity index is 2.15. The summed E-state index contributed by atoms with van der Waals surface area (Å²) in [5, 5.41) is 9.24. The summed E-state index contributed by atoms with van der Waals surface area (Å²) in [6, 6.07) is 2.51. The van der Waals surface area contributed by atoms with E-state index in [1.807, 2.05) is 6.08 Å². The smallest absolute Gasteiger partial charge is 0.339 e. The first-order chi connectivity index (χ1) is 9.22. The van der Waals surface area contributed by atoms with Crippen LogP contribution in [0, 0.1) is 0 Å². The Kier molecular flexibility index (Phi) is 7.71. The molecule has 0 bridgehead atoms. The number of hydrogen-bond donors (Lipinski definition) is 1. The van der Waals surface area contributed by atoms with Crippen LogP contribution in [0.1, 0.15) is 64.1 Å². The van der Waals surface area contributed by atoms with Gasteiger partial charge in [0, 0.05) is 6.07 Å². The van der Waals surface area contributed by atoms with Gasteiger partial charge < -0.3 is 9.52 Å². The third-order valence-corrected chi connectivity index (χ3v) is 3.03. The van der Waals surface area contributed by atoms with Gasteiger partial charge in [-0.25, -0.2) is 4.79 Å². The van der Waals surface area contributed by atoms with Gasteiger partial charge in [-0.15, -0.1) is 0 Å². The summed E-state index contributed by atoms with van der Waals surface area (Å²) in [5.74, 6) is 0.361. The molecule has 0 saturated carbocycles. The monoisotopic (exact) mass is 264 g/mol. The molecular formula is C16H24O3. The molecule has 0 aliphatic carbocycles. The van der Waals surface area contributed by atoms with Crippen LogP contribution in [0.4, 0.5) is 0 Å². The molecule has 0 amide bonds.